The van der Waals surface area contributed by atoms with Gasteiger partial charge in [0.1, 0.15) is 6.54 Å². The molecule has 3 aromatic rings. The van der Waals surface area contributed by atoms with Gasteiger partial charge in [-0.05, 0) is 31.4 Å². The van der Waals surface area contributed by atoms with Crippen molar-refractivity contribution in [2.75, 3.05) is 13.1 Å². The zero-order valence-electron chi connectivity index (χ0n) is 14.8. The van der Waals surface area contributed by atoms with Crippen molar-refractivity contribution in [2.45, 2.75) is 33.2 Å². The van der Waals surface area contributed by atoms with Gasteiger partial charge in [-0.25, -0.2) is 4.99 Å². The summed E-state index contributed by atoms with van der Waals surface area (Å²) in [6.45, 7) is 6.22. The summed E-state index contributed by atoms with van der Waals surface area (Å²) in [5.41, 5.74) is 3.44. The van der Waals surface area contributed by atoms with Gasteiger partial charge in [0.15, 0.2) is 11.7 Å². The molecule has 0 saturated heterocycles. The van der Waals surface area contributed by atoms with Gasteiger partial charge in [-0.1, -0.05) is 30.3 Å². The molecule has 25 heavy (non-hydrogen) atoms. The van der Waals surface area contributed by atoms with Crippen molar-refractivity contribution >= 4 is 16.9 Å². The zero-order chi connectivity index (χ0) is 17.5. The van der Waals surface area contributed by atoms with E-state index in [0.29, 0.717) is 6.54 Å². The number of nitrogens with one attached hydrogen (secondary N) is 3. The average Bonchev–Trinajstić information content (AvgIpc) is 3.26. The number of fused-ring (bicyclic) bond motifs is 1. The van der Waals surface area contributed by atoms with Crippen LogP contribution < -0.4 is 10.6 Å². The van der Waals surface area contributed by atoms with E-state index in [-0.39, 0.29) is 0 Å². The maximum atomic E-state index is 5.28. The van der Waals surface area contributed by atoms with Crippen LogP contribution in [0, 0.1) is 0 Å². The van der Waals surface area contributed by atoms with Crippen LogP contribution in [0.15, 0.2) is 46.0 Å². The standard InChI is InChI=1S/C19H25N5O/c1-3-15-11-16(25-24-15)13-23-19(20-4-2)21-10-9-14-12-22-18-8-6-5-7-17(14)18/h5-8,11-12,22H,3-4,9-10,13H2,1-2H3,(H2,20,21,23). The summed E-state index contributed by atoms with van der Waals surface area (Å²) in [5.74, 6) is 1.57. The van der Waals surface area contributed by atoms with Gasteiger partial charge in [0, 0.05) is 36.3 Å². The highest BCUT2D eigenvalue weighted by Gasteiger charge is 2.05. The van der Waals surface area contributed by atoms with E-state index in [1.165, 1.54) is 16.5 Å². The van der Waals surface area contributed by atoms with Crippen molar-refractivity contribution in [1.29, 1.82) is 0 Å². The molecule has 0 aliphatic carbocycles. The number of H-pyrrole nitrogens is 1. The van der Waals surface area contributed by atoms with Crippen LogP contribution in [0.4, 0.5) is 0 Å². The summed E-state index contributed by atoms with van der Waals surface area (Å²) in [5, 5.41) is 11.9. The highest BCUT2D eigenvalue weighted by molar-refractivity contribution is 5.83. The number of hydrogen-bond acceptors (Lipinski definition) is 3. The Hall–Kier alpha value is -2.76. The van der Waals surface area contributed by atoms with E-state index in [9.17, 15) is 0 Å². The summed E-state index contributed by atoms with van der Waals surface area (Å²) >= 11 is 0. The van der Waals surface area contributed by atoms with Crippen molar-refractivity contribution in [3.8, 4) is 0 Å². The molecule has 3 rings (SSSR count). The van der Waals surface area contributed by atoms with E-state index < -0.39 is 0 Å². The van der Waals surface area contributed by atoms with E-state index in [4.69, 9.17) is 4.52 Å². The molecular weight excluding hydrogens is 314 g/mol. The Bertz CT molecular complexity index is 833. The Kier molecular flexibility index (Phi) is 5.72. The topological polar surface area (TPSA) is 78.2 Å². The molecule has 6 heteroatoms. The lowest BCUT2D eigenvalue weighted by Gasteiger charge is -2.10. The van der Waals surface area contributed by atoms with Gasteiger partial charge in [0.05, 0.1) is 5.69 Å². The van der Waals surface area contributed by atoms with Crippen LogP contribution in [0.3, 0.4) is 0 Å². The number of guanidine groups is 1. The first-order chi connectivity index (χ1) is 12.3. The van der Waals surface area contributed by atoms with Crippen molar-refractivity contribution in [3.05, 3.63) is 53.5 Å². The summed E-state index contributed by atoms with van der Waals surface area (Å²) in [7, 11) is 0. The molecule has 0 radical (unpaired) electrons. The molecule has 0 unspecified atom stereocenters. The first-order valence-electron chi connectivity index (χ1n) is 8.81. The molecule has 1 aromatic carbocycles. The number of aryl methyl sites for hydroxylation is 1. The third-order valence-corrected chi connectivity index (χ3v) is 4.07. The number of rotatable bonds is 7. The molecule has 3 N–H and O–H groups in total. The third kappa shape index (κ3) is 4.41. The molecule has 0 amide bonds. The Morgan fingerprint density at radius 2 is 2.12 bits per heavy atom. The van der Waals surface area contributed by atoms with Crippen LogP contribution in [-0.2, 0) is 19.4 Å². The average molecular weight is 339 g/mol. The zero-order valence-corrected chi connectivity index (χ0v) is 14.8. The Morgan fingerprint density at radius 1 is 1.24 bits per heavy atom. The molecule has 0 fully saturated rings. The van der Waals surface area contributed by atoms with Gasteiger partial charge < -0.3 is 20.1 Å². The highest BCUT2D eigenvalue weighted by atomic mass is 16.5. The molecule has 132 valence electrons. The number of para-hydroxylation sites is 1. The van der Waals surface area contributed by atoms with E-state index in [2.05, 4.69) is 64.0 Å². The van der Waals surface area contributed by atoms with E-state index in [0.717, 1.165) is 43.3 Å². The van der Waals surface area contributed by atoms with Crippen molar-refractivity contribution in [1.82, 2.24) is 20.8 Å². The molecule has 0 aliphatic rings. The lowest BCUT2D eigenvalue weighted by molar-refractivity contribution is 0.379. The van der Waals surface area contributed by atoms with Crippen LogP contribution >= 0.6 is 0 Å². The molecule has 0 atom stereocenters. The molecule has 2 heterocycles. The van der Waals surface area contributed by atoms with Gasteiger partial charge in [0.2, 0.25) is 0 Å². The first-order valence-corrected chi connectivity index (χ1v) is 8.81. The Balaban J connectivity index is 1.57. The monoisotopic (exact) mass is 339 g/mol. The smallest absolute Gasteiger partial charge is 0.191 e. The molecule has 2 aromatic heterocycles. The second-order valence-corrected chi connectivity index (χ2v) is 5.87. The first kappa shape index (κ1) is 17.1. The van der Waals surface area contributed by atoms with Gasteiger partial charge in [-0.15, -0.1) is 0 Å². The third-order valence-electron chi connectivity index (χ3n) is 4.07. The maximum absolute atomic E-state index is 5.28. The predicted octanol–water partition coefficient (Wildman–Crippen LogP) is 3.02. The fraction of sp³-hybridized carbons (Fsp3) is 0.368. The van der Waals surface area contributed by atoms with Crippen molar-refractivity contribution < 1.29 is 4.52 Å². The number of aromatic amines is 1. The molecule has 0 spiro atoms. The van der Waals surface area contributed by atoms with Crippen LogP contribution in [0.25, 0.3) is 10.9 Å². The number of aromatic nitrogens is 2. The minimum atomic E-state index is 0.482. The van der Waals surface area contributed by atoms with Gasteiger partial charge in [0.25, 0.3) is 0 Å². The Morgan fingerprint density at radius 3 is 2.92 bits per heavy atom. The molecular formula is C19H25N5O. The number of nitrogens with zero attached hydrogens (tertiary/aromatic N) is 2. The molecule has 0 aliphatic heterocycles. The van der Waals surface area contributed by atoms with Crippen molar-refractivity contribution in [3.63, 3.8) is 0 Å². The van der Waals surface area contributed by atoms with E-state index >= 15 is 0 Å². The quantitative estimate of drug-likeness (QED) is 0.457. The molecule has 0 bridgehead atoms. The largest absolute Gasteiger partial charge is 0.361 e. The number of benzene rings is 1. The number of aliphatic imine (C=N–C) groups is 1. The minimum Gasteiger partial charge on any atom is -0.361 e. The fourth-order valence-electron chi connectivity index (χ4n) is 2.75. The van der Waals surface area contributed by atoms with Gasteiger partial charge >= 0.3 is 0 Å². The maximum Gasteiger partial charge on any atom is 0.191 e. The van der Waals surface area contributed by atoms with Crippen LogP contribution in [0.2, 0.25) is 0 Å². The van der Waals surface area contributed by atoms with E-state index in [1.807, 2.05) is 12.1 Å². The normalized spacial score (nSPS) is 11.8. The molecule has 0 saturated carbocycles. The van der Waals surface area contributed by atoms with Crippen LogP contribution in [0.5, 0.6) is 0 Å². The summed E-state index contributed by atoms with van der Waals surface area (Å²) < 4.78 is 5.28. The lowest BCUT2D eigenvalue weighted by atomic mass is 10.1. The van der Waals surface area contributed by atoms with E-state index in [1.54, 1.807) is 0 Å². The number of hydrogen-bond donors (Lipinski definition) is 3. The van der Waals surface area contributed by atoms with Crippen LogP contribution in [-0.4, -0.2) is 29.2 Å². The van der Waals surface area contributed by atoms with Crippen molar-refractivity contribution in [2.24, 2.45) is 4.99 Å². The lowest BCUT2D eigenvalue weighted by Crippen LogP contribution is -2.38. The Labute approximate surface area is 147 Å². The summed E-state index contributed by atoms with van der Waals surface area (Å²) in [6, 6.07) is 10.3. The van der Waals surface area contributed by atoms with Gasteiger partial charge in [-0.3, -0.25) is 0 Å². The minimum absolute atomic E-state index is 0.482. The highest BCUT2D eigenvalue weighted by Crippen LogP contribution is 2.17. The second kappa shape index (κ2) is 8.37. The summed E-state index contributed by atoms with van der Waals surface area (Å²) in [4.78, 5) is 7.88. The van der Waals surface area contributed by atoms with Crippen LogP contribution in [0.1, 0.15) is 30.9 Å². The second-order valence-electron chi connectivity index (χ2n) is 5.87. The fourth-order valence-corrected chi connectivity index (χ4v) is 2.75. The molecule has 6 nitrogen and oxygen atoms in total. The predicted molar refractivity (Wildman–Crippen MR) is 101 cm³/mol. The van der Waals surface area contributed by atoms with Gasteiger partial charge in [-0.2, -0.15) is 0 Å². The summed E-state index contributed by atoms with van der Waals surface area (Å²) in [6.07, 6.45) is 3.88. The SMILES string of the molecule is CCNC(=NCc1cc(CC)no1)NCCc1c[nH]c2ccccc12.